The van der Waals surface area contributed by atoms with Crippen LogP contribution in [0.4, 0.5) is 0 Å². The highest BCUT2D eigenvalue weighted by Gasteiger charge is 2.05. The summed E-state index contributed by atoms with van der Waals surface area (Å²) < 4.78 is 0. The third-order valence-corrected chi connectivity index (χ3v) is 1.27. The largest absolute Gasteiger partial charge is 0.393 e. The van der Waals surface area contributed by atoms with Gasteiger partial charge in [-0.1, -0.05) is 19.0 Å². The lowest BCUT2D eigenvalue weighted by molar-refractivity contribution is 0.0413. The molecule has 0 aromatic rings. The maximum atomic E-state index is 5.02. The fourth-order valence-corrected chi connectivity index (χ4v) is 0.279. The van der Waals surface area contributed by atoms with E-state index in [2.05, 4.69) is 19.0 Å². The van der Waals surface area contributed by atoms with Crippen LogP contribution < -0.4 is 0 Å². The van der Waals surface area contributed by atoms with E-state index < -0.39 is 0 Å². The zero-order chi connectivity index (χ0) is 7.28. The Kier molecular flexibility index (Phi) is 4.10. The zero-order valence-electron chi connectivity index (χ0n) is 6.59. The Morgan fingerprint density at radius 3 is 2.22 bits per heavy atom. The Morgan fingerprint density at radius 1 is 1.33 bits per heavy atom. The van der Waals surface area contributed by atoms with Gasteiger partial charge < -0.3 is 4.84 Å². The van der Waals surface area contributed by atoms with Gasteiger partial charge in [-0.3, -0.25) is 0 Å². The molecule has 2 heteroatoms. The molecule has 0 radical (unpaired) electrons. The molecule has 54 valence electrons. The van der Waals surface area contributed by atoms with Crippen LogP contribution in [0.1, 0.15) is 27.7 Å². The summed E-state index contributed by atoms with van der Waals surface area (Å²) in [6.45, 7) is 8.07. The van der Waals surface area contributed by atoms with Crippen molar-refractivity contribution in [3.63, 3.8) is 0 Å². The lowest BCUT2D eigenvalue weighted by atomic mass is 10.1. The fraction of sp³-hybridized carbons (Fsp3) is 0.857. The predicted molar refractivity (Wildman–Crippen MR) is 39.6 cm³/mol. The lowest BCUT2D eigenvalue weighted by Gasteiger charge is -2.11. The molecule has 0 amide bonds. The molecule has 0 saturated carbocycles. The van der Waals surface area contributed by atoms with Gasteiger partial charge in [-0.15, -0.1) is 0 Å². The second kappa shape index (κ2) is 4.36. The molecule has 0 aromatic carbocycles. The molecular formula is C7H15NO. The molecule has 2 nitrogen and oxygen atoms in total. The third kappa shape index (κ3) is 4.01. The second-order valence-electron chi connectivity index (χ2n) is 2.42. The van der Waals surface area contributed by atoms with Crippen molar-refractivity contribution in [2.75, 3.05) is 0 Å². The van der Waals surface area contributed by atoms with Gasteiger partial charge in [0.05, 0.1) is 0 Å². The summed E-state index contributed by atoms with van der Waals surface area (Å²) in [5.41, 5.74) is 0. The molecule has 0 N–H and O–H groups in total. The van der Waals surface area contributed by atoms with Crippen LogP contribution in [0, 0.1) is 5.92 Å². The molecule has 0 heterocycles. The normalized spacial score (nSPS) is 14.8. The third-order valence-electron chi connectivity index (χ3n) is 1.27. The highest BCUT2D eigenvalue weighted by Crippen LogP contribution is 2.04. The Bertz CT molecular complexity index is 88.9. The first-order chi connectivity index (χ1) is 4.18. The van der Waals surface area contributed by atoms with Gasteiger partial charge >= 0.3 is 0 Å². The van der Waals surface area contributed by atoms with E-state index in [1.54, 1.807) is 6.21 Å². The Labute approximate surface area is 56.9 Å². The first-order valence-electron chi connectivity index (χ1n) is 3.32. The van der Waals surface area contributed by atoms with Gasteiger partial charge in [0.25, 0.3) is 0 Å². The van der Waals surface area contributed by atoms with Gasteiger partial charge in [0.2, 0.25) is 0 Å². The van der Waals surface area contributed by atoms with Crippen LogP contribution in [0.2, 0.25) is 0 Å². The molecule has 0 fully saturated rings. The average Bonchev–Trinajstić information content (AvgIpc) is 1.82. The van der Waals surface area contributed by atoms with Gasteiger partial charge in [-0.05, 0) is 19.8 Å². The number of nitrogens with zero attached hydrogens (tertiary/aromatic N) is 1. The summed E-state index contributed by atoms with van der Waals surface area (Å²) in [6, 6.07) is 0. The van der Waals surface area contributed by atoms with Crippen molar-refractivity contribution in [1.29, 1.82) is 0 Å². The van der Waals surface area contributed by atoms with E-state index in [-0.39, 0.29) is 6.10 Å². The Balaban J connectivity index is 3.38. The number of oxime groups is 1. The maximum Gasteiger partial charge on any atom is 0.127 e. The minimum absolute atomic E-state index is 0.223. The molecule has 0 saturated heterocycles. The van der Waals surface area contributed by atoms with Gasteiger partial charge in [0.15, 0.2) is 0 Å². The number of hydrogen-bond donors (Lipinski definition) is 0. The van der Waals surface area contributed by atoms with Gasteiger partial charge in [-0.2, -0.15) is 0 Å². The molecule has 0 aliphatic heterocycles. The van der Waals surface area contributed by atoms with Crippen LogP contribution >= 0.6 is 0 Å². The standard InChI is InChI=1S/C7H15NO/c1-5-8-9-7(4)6(2)3/h5-7H,1-4H3. The zero-order valence-corrected chi connectivity index (χ0v) is 6.59. The van der Waals surface area contributed by atoms with E-state index in [0.29, 0.717) is 5.92 Å². The molecular weight excluding hydrogens is 114 g/mol. The summed E-state index contributed by atoms with van der Waals surface area (Å²) in [7, 11) is 0. The quantitative estimate of drug-likeness (QED) is 0.422. The molecule has 1 unspecified atom stereocenters. The molecule has 0 bridgehead atoms. The molecule has 0 aliphatic carbocycles. The SMILES string of the molecule is CC=NOC(C)C(C)C. The number of rotatable bonds is 3. The summed E-state index contributed by atoms with van der Waals surface area (Å²) >= 11 is 0. The molecule has 9 heavy (non-hydrogen) atoms. The highest BCUT2D eigenvalue weighted by atomic mass is 16.6. The van der Waals surface area contributed by atoms with Crippen LogP contribution in [-0.4, -0.2) is 12.3 Å². The number of hydrogen-bond acceptors (Lipinski definition) is 2. The minimum atomic E-state index is 0.223. The van der Waals surface area contributed by atoms with E-state index in [4.69, 9.17) is 4.84 Å². The van der Waals surface area contributed by atoms with Gasteiger partial charge in [-0.25, -0.2) is 0 Å². The lowest BCUT2D eigenvalue weighted by Crippen LogP contribution is -2.11. The smallest absolute Gasteiger partial charge is 0.127 e. The van der Waals surface area contributed by atoms with E-state index >= 15 is 0 Å². The molecule has 1 atom stereocenters. The van der Waals surface area contributed by atoms with E-state index in [9.17, 15) is 0 Å². The van der Waals surface area contributed by atoms with Crippen LogP contribution in [0.15, 0.2) is 5.16 Å². The first-order valence-corrected chi connectivity index (χ1v) is 3.32. The van der Waals surface area contributed by atoms with E-state index in [1.165, 1.54) is 0 Å². The summed E-state index contributed by atoms with van der Waals surface area (Å²) in [5, 5.41) is 3.67. The van der Waals surface area contributed by atoms with Crippen molar-refractivity contribution >= 4 is 6.21 Å². The van der Waals surface area contributed by atoms with Crippen molar-refractivity contribution in [3.8, 4) is 0 Å². The van der Waals surface area contributed by atoms with E-state index in [0.717, 1.165) is 0 Å². The van der Waals surface area contributed by atoms with E-state index in [1.807, 2.05) is 13.8 Å². The van der Waals surface area contributed by atoms with Crippen molar-refractivity contribution in [3.05, 3.63) is 0 Å². The van der Waals surface area contributed by atoms with Crippen LogP contribution in [0.25, 0.3) is 0 Å². The van der Waals surface area contributed by atoms with Crippen LogP contribution in [0.5, 0.6) is 0 Å². The van der Waals surface area contributed by atoms with Gasteiger partial charge in [0.1, 0.15) is 6.10 Å². The van der Waals surface area contributed by atoms with Crippen molar-refractivity contribution in [2.45, 2.75) is 33.8 Å². The summed E-state index contributed by atoms with van der Waals surface area (Å²) in [4.78, 5) is 5.02. The summed E-state index contributed by atoms with van der Waals surface area (Å²) in [5.74, 6) is 0.536. The molecule has 0 spiro atoms. The van der Waals surface area contributed by atoms with Crippen molar-refractivity contribution in [1.82, 2.24) is 0 Å². The minimum Gasteiger partial charge on any atom is -0.393 e. The highest BCUT2D eigenvalue weighted by molar-refractivity contribution is 5.52. The average molecular weight is 129 g/mol. The molecule has 0 aromatic heterocycles. The maximum absolute atomic E-state index is 5.02. The Morgan fingerprint density at radius 2 is 1.89 bits per heavy atom. The fourth-order valence-electron chi connectivity index (χ4n) is 0.279. The van der Waals surface area contributed by atoms with Gasteiger partial charge in [0, 0.05) is 6.21 Å². The predicted octanol–water partition coefficient (Wildman–Crippen LogP) is 2.05. The van der Waals surface area contributed by atoms with Crippen LogP contribution in [0.3, 0.4) is 0 Å². The second-order valence-corrected chi connectivity index (χ2v) is 2.42. The summed E-state index contributed by atoms with van der Waals surface area (Å²) in [6.07, 6.45) is 1.87. The Hall–Kier alpha value is -0.530. The van der Waals surface area contributed by atoms with Crippen molar-refractivity contribution in [2.24, 2.45) is 11.1 Å². The van der Waals surface area contributed by atoms with Crippen LogP contribution in [-0.2, 0) is 4.84 Å². The topological polar surface area (TPSA) is 21.6 Å². The first kappa shape index (κ1) is 8.47. The molecule has 0 rings (SSSR count). The molecule has 0 aliphatic rings. The van der Waals surface area contributed by atoms with Crippen molar-refractivity contribution < 1.29 is 4.84 Å². The monoisotopic (exact) mass is 129 g/mol.